The zero-order valence-corrected chi connectivity index (χ0v) is 19.0. The van der Waals surface area contributed by atoms with Crippen LogP contribution in [0.1, 0.15) is 23.5 Å². The van der Waals surface area contributed by atoms with Gasteiger partial charge in [-0.2, -0.15) is 4.31 Å². The van der Waals surface area contributed by atoms with Crippen molar-refractivity contribution in [1.29, 1.82) is 0 Å². The molecule has 2 unspecified atom stereocenters. The second kappa shape index (κ2) is 7.70. The minimum absolute atomic E-state index is 0.0589. The van der Waals surface area contributed by atoms with E-state index < -0.39 is 18.1 Å². The SMILES string of the molecule is Cc1ccc(S(=O)(=O)N2CC(c3ccc(Cl)cc3)CC2C[Si](C)(C)C)cc1. The van der Waals surface area contributed by atoms with Crippen molar-refractivity contribution in [3.8, 4) is 0 Å². The Bertz CT molecular complexity index is 889. The lowest BCUT2D eigenvalue weighted by Gasteiger charge is -2.28. The molecule has 0 spiro atoms. The highest BCUT2D eigenvalue weighted by Crippen LogP contribution is 2.39. The molecular formula is C21H28ClNO2SSi. The maximum absolute atomic E-state index is 13.4. The molecule has 0 radical (unpaired) electrons. The minimum atomic E-state index is -3.50. The molecule has 0 N–H and O–H groups in total. The first-order valence-corrected chi connectivity index (χ1v) is 14.9. The van der Waals surface area contributed by atoms with Gasteiger partial charge in [0.1, 0.15) is 0 Å². The van der Waals surface area contributed by atoms with Crippen LogP contribution in [0.25, 0.3) is 0 Å². The summed E-state index contributed by atoms with van der Waals surface area (Å²) < 4.78 is 28.5. The van der Waals surface area contributed by atoms with Crippen molar-refractivity contribution >= 4 is 29.7 Å². The summed E-state index contributed by atoms with van der Waals surface area (Å²) in [6.45, 7) is 9.42. The highest BCUT2D eigenvalue weighted by atomic mass is 35.5. The fourth-order valence-electron chi connectivity index (χ4n) is 3.90. The van der Waals surface area contributed by atoms with Gasteiger partial charge in [0, 0.05) is 25.7 Å². The average Bonchev–Trinajstić information content (AvgIpc) is 2.98. The summed E-state index contributed by atoms with van der Waals surface area (Å²) in [7, 11) is -4.92. The predicted molar refractivity (Wildman–Crippen MR) is 116 cm³/mol. The van der Waals surface area contributed by atoms with E-state index in [1.54, 1.807) is 16.4 Å². The molecule has 0 amide bonds. The van der Waals surface area contributed by atoms with Gasteiger partial charge in [-0.1, -0.05) is 61.1 Å². The van der Waals surface area contributed by atoms with Gasteiger partial charge in [0.2, 0.25) is 10.0 Å². The quantitative estimate of drug-likeness (QED) is 0.595. The molecule has 1 heterocycles. The number of aryl methyl sites for hydroxylation is 1. The number of rotatable bonds is 5. The summed E-state index contributed by atoms with van der Waals surface area (Å²) >= 11 is 6.03. The summed E-state index contributed by atoms with van der Waals surface area (Å²) in [6, 6.07) is 16.1. The highest BCUT2D eigenvalue weighted by Gasteiger charge is 2.42. The van der Waals surface area contributed by atoms with E-state index in [2.05, 4.69) is 19.6 Å². The van der Waals surface area contributed by atoms with Gasteiger partial charge in [-0.15, -0.1) is 0 Å². The Morgan fingerprint density at radius 1 is 1.04 bits per heavy atom. The molecule has 146 valence electrons. The number of nitrogens with zero attached hydrogens (tertiary/aromatic N) is 1. The summed E-state index contributed by atoms with van der Waals surface area (Å²) in [5.41, 5.74) is 2.23. The van der Waals surface area contributed by atoms with Gasteiger partial charge in [-0.05, 0) is 55.1 Å². The fraction of sp³-hybridized carbons (Fsp3) is 0.429. The molecule has 0 bridgehead atoms. The standard InChI is InChI=1S/C21H28ClNO2SSi/c1-16-5-11-21(12-6-16)26(24,25)23-14-18(13-20(23)15-27(2,3)4)17-7-9-19(22)10-8-17/h5-12,18,20H,13-15H2,1-4H3. The number of benzene rings is 2. The number of sulfonamides is 1. The third kappa shape index (κ3) is 4.83. The molecular weight excluding hydrogens is 394 g/mol. The van der Waals surface area contributed by atoms with Crippen molar-refractivity contribution < 1.29 is 8.42 Å². The van der Waals surface area contributed by atoms with Crippen molar-refractivity contribution in [3.05, 3.63) is 64.7 Å². The smallest absolute Gasteiger partial charge is 0.207 e. The van der Waals surface area contributed by atoms with Crippen LogP contribution in [-0.4, -0.2) is 33.4 Å². The second-order valence-electron chi connectivity index (χ2n) is 8.79. The predicted octanol–water partition coefficient (Wildman–Crippen LogP) is 5.53. The van der Waals surface area contributed by atoms with E-state index >= 15 is 0 Å². The first-order valence-electron chi connectivity index (χ1n) is 9.40. The Hall–Kier alpha value is -1.14. The molecule has 3 rings (SSSR count). The topological polar surface area (TPSA) is 37.4 Å². The van der Waals surface area contributed by atoms with E-state index in [0.717, 1.165) is 18.0 Å². The Kier molecular flexibility index (Phi) is 5.87. The summed E-state index contributed by atoms with van der Waals surface area (Å²) in [4.78, 5) is 0.394. The van der Waals surface area contributed by atoms with Crippen molar-refractivity contribution in [1.82, 2.24) is 4.31 Å². The molecule has 1 fully saturated rings. The second-order valence-corrected chi connectivity index (χ2v) is 16.6. The fourth-order valence-corrected chi connectivity index (χ4v) is 7.63. The van der Waals surface area contributed by atoms with E-state index in [4.69, 9.17) is 11.6 Å². The van der Waals surface area contributed by atoms with Gasteiger partial charge in [0.15, 0.2) is 0 Å². The average molecular weight is 422 g/mol. The highest BCUT2D eigenvalue weighted by molar-refractivity contribution is 7.89. The zero-order chi connectivity index (χ0) is 19.8. The van der Waals surface area contributed by atoms with Crippen molar-refractivity contribution in [2.24, 2.45) is 0 Å². The van der Waals surface area contributed by atoms with Crippen LogP contribution in [0.15, 0.2) is 53.4 Å². The van der Waals surface area contributed by atoms with Crippen LogP contribution >= 0.6 is 11.6 Å². The molecule has 0 aromatic heterocycles. The lowest BCUT2D eigenvalue weighted by molar-refractivity contribution is 0.405. The lowest BCUT2D eigenvalue weighted by Crippen LogP contribution is -2.40. The maximum atomic E-state index is 13.4. The largest absolute Gasteiger partial charge is 0.243 e. The van der Waals surface area contributed by atoms with Crippen LogP contribution in [0.2, 0.25) is 30.7 Å². The molecule has 27 heavy (non-hydrogen) atoms. The van der Waals surface area contributed by atoms with E-state index in [0.29, 0.717) is 16.5 Å². The molecule has 1 aliphatic heterocycles. The molecule has 2 aromatic carbocycles. The van der Waals surface area contributed by atoms with Gasteiger partial charge in [0.05, 0.1) is 4.90 Å². The molecule has 6 heteroatoms. The summed E-state index contributed by atoms with van der Waals surface area (Å²) in [6.07, 6.45) is 0.872. The zero-order valence-electron chi connectivity index (χ0n) is 16.4. The molecule has 3 nitrogen and oxygen atoms in total. The molecule has 2 atom stereocenters. The lowest BCUT2D eigenvalue weighted by atomic mass is 9.97. The van der Waals surface area contributed by atoms with Crippen molar-refractivity contribution in [2.45, 2.75) is 55.9 Å². The van der Waals surface area contributed by atoms with Gasteiger partial charge < -0.3 is 0 Å². The first-order chi connectivity index (χ1) is 12.6. The van der Waals surface area contributed by atoms with Gasteiger partial charge in [-0.25, -0.2) is 8.42 Å². The van der Waals surface area contributed by atoms with E-state index in [1.165, 1.54) is 5.56 Å². The van der Waals surface area contributed by atoms with Gasteiger partial charge >= 0.3 is 0 Å². The third-order valence-electron chi connectivity index (χ3n) is 5.18. The number of hydrogen-bond donors (Lipinski definition) is 0. The van der Waals surface area contributed by atoms with Crippen LogP contribution in [0.4, 0.5) is 0 Å². The van der Waals surface area contributed by atoms with E-state index in [9.17, 15) is 8.42 Å². The van der Waals surface area contributed by atoms with Gasteiger partial charge in [0.25, 0.3) is 0 Å². The maximum Gasteiger partial charge on any atom is 0.243 e. The van der Waals surface area contributed by atoms with E-state index in [-0.39, 0.29) is 12.0 Å². The number of halogens is 1. The Morgan fingerprint density at radius 2 is 1.63 bits per heavy atom. The van der Waals surface area contributed by atoms with Crippen molar-refractivity contribution in [3.63, 3.8) is 0 Å². The van der Waals surface area contributed by atoms with Crippen LogP contribution in [0, 0.1) is 6.92 Å². The molecule has 1 aliphatic rings. The first kappa shape index (κ1) is 20.6. The molecule has 0 aliphatic carbocycles. The van der Waals surface area contributed by atoms with E-state index in [1.807, 2.05) is 43.3 Å². The molecule has 0 saturated carbocycles. The molecule has 1 saturated heterocycles. The Balaban J connectivity index is 1.94. The van der Waals surface area contributed by atoms with Crippen molar-refractivity contribution in [2.75, 3.05) is 6.54 Å². The monoisotopic (exact) mass is 421 g/mol. The van der Waals surface area contributed by atoms with Gasteiger partial charge in [-0.3, -0.25) is 0 Å². The Morgan fingerprint density at radius 3 is 2.19 bits per heavy atom. The molecule has 2 aromatic rings. The normalized spacial score (nSPS) is 21.5. The Labute approximate surface area is 169 Å². The van der Waals surface area contributed by atoms with Crippen LogP contribution in [-0.2, 0) is 10.0 Å². The minimum Gasteiger partial charge on any atom is -0.207 e. The summed E-state index contributed by atoms with van der Waals surface area (Å²) in [5, 5.41) is 0.708. The third-order valence-corrected chi connectivity index (χ3v) is 9.06. The number of hydrogen-bond acceptors (Lipinski definition) is 2. The van der Waals surface area contributed by atoms with Crippen LogP contribution in [0.3, 0.4) is 0 Å². The summed E-state index contributed by atoms with van der Waals surface area (Å²) in [5.74, 6) is 0.212. The van der Waals surface area contributed by atoms with Crippen LogP contribution in [0.5, 0.6) is 0 Å². The van der Waals surface area contributed by atoms with Crippen LogP contribution < -0.4 is 0 Å².